The molecule has 0 saturated carbocycles. The highest BCUT2D eigenvalue weighted by Crippen LogP contribution is 2.30. The largest absolute Gasteiger partial charge is 0.839 e. The Balaban J connectivity index is 2.15. The Labute approximate surface area is 146 Å². The molecule has 132 valence electrons. The molecule has 5 nitrogen and oxygen atoms in total. The first-order valence-electron chi connectivity index (χ1n) is 7.63. The van der Waals surface area contributed by atoms with E-state index in [1.807, 2.05) is 6.07 Å². The van der Waals surface area contributed by atoms with Crippen LogP contribution in [0.5, 0.6) is 5.88 Å². The third kappa shape index (κ3) is 2.99. The molecule has 0 atom stereocenters. The van der Waals surface area contributed by atoms with Crippen LogP contribution < -0.4 is 9.51 Å². The summed E-state index contributed by atoms with van der Waals surface area (Å²) in [5, 5.41) is 21.4. The van der Waals surface area contributed by atoms with Gasteiger partial charge in [-0.1, -0.05) is 18.2 Å². The van der Waals surface area contributed by atoms with Crippen molar-refractivity contribution in [2.45, 2.75) is 19.1 Å². The molecular formula is C18H12F3N3O2. The van der Waals surface area contributed by atoms with E-state index >= 15 is 0 Å². The van der Waals surface area contributed by atoms with E-state index in [9.17, 15) is 23.1 Å². The first-order chi connectivity index (χ1) is 12.3. The Morgan fingerprint density at radius 1 is 1.23 bits per heavy atom. The molecule has 2 aromatic heterocycles. The molecule has 0 aliphatic rings. The molecular weight excluding hydrogens is 347 g/mol. The minimum absolute atomic E-state index is 0.0612. The lowest BCUT2D eigenvalue weighted by atomic mass is 10.0. The van der Waals surface area contributed by atoms with Gasteiger partial charge in [0.25, 0.3) is 5.65 Å². The molecule has 2 heterocycles. The number of halogens is 3. The van der Waals surface area contributed by atoms with E-state index in [2.05, 4.69) is 0 Å². The van der Waals surface area contributed by atoms with Gasteiger partial charge in [0.05, 0.1) is 24.3 Å². The molecule has 26 heavy (non-hydrogen) atoms. The molecule has 0 radical (unpaired) electrons. The second kappa shape index (κ2) is 6.52. The van der Waals surface area contributed by atoms with Crippen LogP contribution in [0.15, 0.2) is 48.7 Å². The van der Waals surface area contributed by atoms with E-state index in [-0.39, 0.29) is 24.2 Å². The van der Waals surface area contributed by atoms with Crippen molar-refractivity contribution in [1.82, 2.24) is 4.57 Å². The van der Waals surface area contributed by atoms with Crippen molar-refractivity contribution < 1.29 is 27.5 Å². The predicted molar refractivity (Wildman–Crippen MR) is 82.1 cm³/mol. The Hall–Kier alpha value is -3.34. The predicted octanol–water partition coefficient (Wildman–Crippen LogP) is 2.46. The van der Waals surface area contributed by atoms with Crippen LogP contribution >= 0.6 is 0 Å². The minimum atomic E-state index is -4.59. The van der Waals surface area contributed by atoms with Crippen LogP contribution in [0.25, 0.3) is 5.65 Å². The van der Waals surface area contributed by atoms with Crippen molar-refractivity contribution in [3.8, 4) is 11.9 Å². The maximum atomic E-state index is 12.9. The number of aryl methyl sites for hydroxylation is 1. The number of nitrogens with zero attached hydrogens (tertiary/aromatic N) is 3. The van der Waals surface area contributed by atoms with Gasteiger partial charge in [0.15, 0.2) is 0 Å². The second-order valence-electron chi connectivity index (χ2n) is 5.55. The first-order valence-corrected chi connectivity index (χ1v) is 7.63. The van der Waals surface area contributed by atoms with Crippen LogP contribution in [-0.4, -0.2) is 10.4 Å². The zero-order chi connectivity index (χ0) is 18.9. The molecule has 0 unspecified atom stereocenters. The molecule has 0 aliphatic carbocycles. The third-order valence-corrected chi connectivity index (χ3v) is 3.92. The standard InChI is InChI=1S/C18H12F3N3O2/c19-18(20,21)13-6-3-5-12(11-13)16(25)15-17(26)24(10-4-8-22)14-7-1-2-9-23(14)15/h1-3,5-7,9,11H,4,10H2. The van der Waals surface area contributed by atoms with E-state index in [4.69, 9.17) is 5.26 Å². The number of fused-ring (bicyclic) bond motifs is 1. The smallest absolute Gasteiger partial charge is 0.416 e. The Bertz CT molecular complexity index is 1030. The van der Waals surface area contributed by atoms with Crippen LogP contribution in [0.4, 0.5) is 13.2 Å². The summed E-state index contributed by atoms with van der Waals surface area (Å²) in [6.45, 7) is 0.0821. The summed E-state index contributed by atoms with van der Waals surface area (Å²) in [5.74, 6) is -1.45. The maximum absolute atomic E-state index is 12.9. The van der Waals surface area contributed by atoms with Crippen molar-refractivity contribution in [1.29, 1.82) is 5.26 Å². The highest BCUT2D eigenvalue weighted by Gasteiger charge is 2.32. The summed E-state index contributed by atoms with van der Waals surface area (Å²) in [6, 6.07) is 10.7. The highest BCUT2D eigenvalue weighted by molar-refractivity contribution is 6.08. The number of rotatable bonds is 4. The van der Waals surface area contributed by atoms with Crippen LogP contribution in [0.3, 0.4) is 0 Å². The summed E-state index contributed by atoms with van der Waals surface area (Å²) in [7, 11) is 0. The number of hydrogen-bond donors (Lipinski definition) is 0. The SMILES string of the molecule is N#CCCn1c([O-])c(C(=O)c2cccc(C(F)(F)F)c2)[n+]2ccccc12. The highest BCUT2D eigenvalue weighted by atomic mass is 19.4. The zero-order valence-electron chi connectivity index (χ0n) is 13.3. The molecule has 0 amide bonds. The number of nitriles is 1. The summed E-state index contributed by atoms with van der Waals surface area (Å²) in [4.78, 5) is 12.8. The van der Waals surface area contributed by atoms with Gasteiger partial charge in [-0.2, -0.15) is 22.8 Å². The Kier molecular flexibility index (Phi) is 4.38. The van der Waals surface area contributed by atoms with E-state index in [1.54, 1.807) is 18.2 Å². The Morgan fingerprint density at radius 3 is 2.69 bits per heavy atom. The molecule has 0 N–H and O–H groups in total. The summed E-state index contributed by atoms with van der Waals surface area (Å²) in [6.07, 6.45) is -3.05. The van der Waals surface area contributed by atoms with Gasteiger partial charge in [-0.05, 0) is 18.2 Å². The minimum Gasteiger partial charge on any atom is -0.839 e. The topological polar surface area (TPSA) is 72.9 Å². The normalized spacial score (nSPS) is 11.5. The van der Waals surface area contributed by atoms with Crippen molar-refractivity contribution in [2.24, 2.45) is 0 Å². The van der Waals surface area contributed by atoms with E-state index in [1.165, 1.54) is 21.2 Å². The van der Waals surface area contributed by atoms with Gasteiger partial charge in [0.1, 0.15) is 12.4 Å². The monoisotopic (exact) mass is 359 g/mol. The lowest BCUT2D eigenvalue weighted by Gasteiger charge is -2.08. The lowest BCUT2D eigenvalue weighted by molar-refractivity contribution is -0.516. The van der Waals surface area contributed by atoms with Gasteiger partial charge in [0.2, 0.25) is 11.5 Å². The molecule has 0 saturated heterocycles. The van der Waals surface area contributed by atoms with E-state index < -0.39 is 23.4 Å². The fourth-order valence-corrected chi connectivity index (χ4v) is 2.74. The van der Waals surface area contributed by atoms with Crippen molar-refractivity contribution in [2.75, 3.05) is 0 Å². The zero-order valence-corrected chi connectivity index (χ0v) is 13.3. The van der Waals surface area contributed by atoms with Gasteiger partial charge >= 0.3 is 6.18 Å². The van der Waals surface area contributed by atoms with E-state index in [0.717, 1.165) is 18.2 Å². The number of imidazole rings is 1. The molecule has 1 aromatic carbocycles. The van der Waals surface area contributed by atoms with Crippen molar-refractivity contribution in [3.05, 3.63) is 65.5 Å². The number of hydrogen-bond acceptors (Lipinski definition) is 3. The van der Waals surface area contributed by atoms with E-state index in [0.29, 0.717) is 5.65 Å². The van der Waals surface area contributed by atoms with Crippen molar-refractivity contribution >= 4 is 11.4 Å². The van der Waals surface area contributed by atoms with Crippen molar-refractivity contribution in [3.63, 3.8) is 0 Å². The third-order valence-electron chi connectivity index (χ3n) is 3.92. The lowest BCUT2D eigenvalue weighted by Crippen LogP contribution is -2.28. The number of carbonyl (C=O) groups is 1. The molecule has 0 fully saturated rings. The van der Waals surface area contributed by atoms with Crippen LogP contribution in [-0.2, 0) is 12.7 Å². The number of alkyl halides is 3. The number of pyridine rings is 1. The average molecular weight is 359 g/mol. The molecule has 3 aromatic rings. The average Bonchev–Trinajstić information content (AvgIpc) is 2.90. The quantitative estimate of drug-likeness (QED) is 0.531. The summed E-state index contributed by atoms with van der Waals surface area (Å²) >= 11 is 0. The second-order valence-corrected chi connectivity index (χ2v) is 5.55. The molecule has 3 rings (SSSR count). The maximum Gasteiger partial charge on any atom is 0.416 e. The molecule has 0 bridgehead atoms. The van der Waals surface area contributed by atoms with Crippen LogP contribution in [0, 0.1) is 11.3 Å². The molecule has 8 heteroatoms. The number of benzene rings is 1. The van der Waals surface area contributed by atoms with Gasteiger partial charge in [0, 0.05) is 11.6 Å². The van der Waals surface area contributed by atoms with Gasteiger partial charge in [-0.25, -0.2) is 4.57 Å². The summed E-state index contributed by atoms with van der Waals surface area (Å²) in [5.41, 5.74) is -1.07. The Morgan fingerprint density at radius 2 is 2.00 bits per heavy atom. The van der Waals surface area contributed by atoms with Gasteiger partial charge < -0.3 is 5.11 Å². The first kappa shape index (κ1) is 17.5. The van der Waals surface area contributed by atoms with Crippen LogP contribution in [0.1, 0.15) is 28.0 Å². The fourth-order valence-electron chi connectivity index (χ4n) is 2.74. The van der Waals surface area contributed by atoms with Gasteiger partial charge in [-0.3, -0.25) is 4.79 Å². The summed E-state index contributed by atoms with van der Waals surface area (Å²) < 4.78 is 41.3. The van der Waals surface area contributed by atoms with Gasteiger partial charge in [-0.15, -0.1) is 0 Å². The molecule has 0 aliphatic heterocycles. The number of ketones is 1. The van der Waals surface area contributed by atoms with Crippen LogP contribution in [0.2, 0.25) is 0 Å². The fraction of sp³-hybridized carbons (Fsp3) is 0.167. The molecule has 0 spiro atoms. The number of carbonyl (C=O) groups excluding carboxylic acids is 1. The number of aromatic nitrogens is 2.